The lowest BCUT2D eigenvalue weighted by atomic mass is 10.2. The van der Waals surface area contributed by atoms with Crippen molar-refractivity contribution >= 4 is 63.5 Å². The summed E-state index contributed by atoms with van der Waals surface area (Å²) in [7, 11) is 0. The van der Waals surface area contributed by atoms with E-state index in [1.807, 2.05) is 0 Å². The molecule has 1 amide bonds. The summed E-state index contributed by atoms with van der Waals surface area (Å²) < 4.78 is 18.7. The van der Waals surface area contributed by atoms with Gasteiger partial charge in [-0.15, -0.1) is 0 Å². The minimum absolute atomic E-state index is 0.218. The zero-order valence-corrected chi connectivity index (χ0v) is 18.1. The van der Waals surface area contributed by atoms with Gasteiger partial charge < -0.3 is 4.74 Å². The Balaban J connectivity index is 1.47. The number of thiocarbonyl (C=S) groups is 1. The zero-order valence-electron chi connectivity index (χ0n) is 15.7. The van der Waals surface area contributed by atoms with Crippen molar-refractivity contribution in [2.45, 2.75) is 0 Å². The number of nitrogens with zero attached hydrogens (tertiary/aromatic N) is 1. The molecule has 0 bridgehead atoms. The van der Waals surface area contributed by atoms with E-state index in [-0.39, 0.29) is 11.5 Å². The molecule has 0 aromatic heterocycles. The molecular formula is C23H13ClFNO3S2. The van der Waals surface area contributed by atoms with Crippen molar-refractivity contribution in [1.82, 2.24) is 0 Å². The van der Waals surface area contributed by atoms with Gasteiger partial charge in [0.2, 0.25) is 0 Å². The number of anilines is 1. The average molecular weight is 470 g/mol. The predicted octanol–water partition coefficient (Wildman–Crippen LogP) is 6.10. The average Bonchev–Trinajstić information content (AvgIpc) is 3.03. The fourth-order valence-corrected chi connectivity index (χ4v) is 4.24. The first-order chi connectivity index (χ1) is 14.9. The molecule has 0 unspecified atom stereocenters. The van der Waals surface area contributed by atoms with Gasteiger partial charge in [-0.05, 0) is 72.3 Å². The molecule has 1 fully saturated rings. The molecule has 0 radical (unpaired) electrons. The highest BCUT2D eigenvalue weighted by Gasteiger charge is 2.33. The van der Waals surface area contributed by atoms with Gasteiger partial charge in [0.1, 0.15) is 11.6 Å². The standard InChI is InChI=1S/C23H13ClFNO3S2/c24-16-5-9-18(10-6-16)26-21(27)20(31-23(26)30)13-14-1-11-19(12-2-14)29-22(28)15-3-7-17(25)8-4-15/h1-13H/b20-13+. The monoisotopic (exact) mass is 469 g/mol. The highest BCUT2D eigenvalue weighted by molar-refractivity contribution is 8.27. The van der Waals surface area contributed by atoms with Crippen LogP contribution >= 0.6 is 35.6 Å². The minimum atomic E-state index is -0.586. The molecule has 0 spiro atoms. The van der Waals surface area contributed by atoms with Crippen molar-refractivity contribution in [1.29, 1.82) is 0 Å². The summed E-state index contributed by atoms with van der Waals surface area (Å²) in [6, 6.07) is 18.7. The van der Waals surface area contributed by atoms with Crippen LogP contribution in [0, 0.1) is 5.82 Å². The van der Waals surface area contributed by atoms with Crippen molar-refractivity contribution in [3.8, 4) is 5.75 Å². The maximum absolute atomic E-state index is 13.0. The van der Waals surface area contributed by atoms with E-state index in [0.29, 0.717) is 25.7 Å². The first kappa shape index (κ1) is 21.2. The van der Waals surface area contributed by atoms with Gasteiger partial charge in [0.25, 0.3) is 5.91 Å². The summed E-state index contributed by atoms with van der Waals surface area (Å²) in [5.74, 6) is -0.900. The molecule has 154 valence electrons. The topological polar surface area (TPSA) is 46.6 Å². The lowest BCUT2D eigenvalue weighted by Crippen LogP contribution is -2.27. The Hall–Kier alpha value is -3.00. The van der Waals surface area contributed by atoms with E-state index < -0.39 is 11.8 Å². The van der Waals surface area contributed by atoms with E-state index in [0.717, 1.165) is 5.56 Å². The van der Waals surface area contributed by atoms with Crippen molar-refractivity contribution in [2.24, 2.45) is 0 Å². The maximum Gasteiger partial charge on any atom is 0.343 e. The highest BCUT2D eigenvalue weighted by atomic mass is 35.5. The number of amides is 1. The molecule has 3 aromatic carbocycles. The second-order valence-electron chi connectivity index (χ2n) is 6.46. The fraction of sp³-hybridized carbons (Fsp3) is 0. The van der Waals surface area contributed by atoms with Gasteiger partial charge >= 0.3 is 5.97 Å². The third-order valence-corrected chi connectivity index (χ3v) is 5.90. The Labute approximate surface area is 192 Å². The summed E-state index contributed by atoms with van der Waals surface area (Å²) in [6.45, 7) is 0. The Kier molecular flexibility index (Phi) is 6.18. The number of hydrogen-bond donors (Lipinski definition) is 0. The van der Waals surface area contributed by atoms with Crippen LogP contribution in [-0.4, -0.2) is 16.2 Å². The van der Waals surface area contributed by atoms with Gasteiger partial charge in [0.05, 0.1) is 16.2 Å². The number of rotatable bonds is 4. The van der Waals surface area contributed by atoms with Gasteiger partial charge in [-0.25, -0.2) is 9.18 Å². The number of thioether (sulfide) groups is 1. The molecule has 0 aliphatic carbocycles. The molecule has 1 heterocycles. The van der Waals surface area contributed by atoms with Crippen LogP contribution in [0.4, 0.5) is 10.1 Å². The second kappa shape index (κ2) is 9.01. The van der Waals surface area contributed by atoms with Crippen LogP contribution in [-0.2, 0) is 4.79 Å². The van der Waals surface area contributed by atoms with Crippen molar-refractivity contribution < 1.29 is 18.7 Å². The summed E-state index contributed by atoms with van der Waals surface area (Å²) >= 11 is 12.5. The van der Waals surface area contributed by atoms with E-state index in [4.69, 9.17) is 28.6 Å². The highest BCUT2D eigenvalue weighted by Crippen LogP contribution is 2.36. The maximum atomic E-state index is 13.0. The molecule has 1 saturated heterocycles. The zero-order chi connectivity index (χ0) is 22.0. The molecule has 4 rings (SSSR count). The number of carbonyl (C=O) groups is 2. The third kappa shape index (κ3) is 4.85. The van der Waals surface area contributed by atoms with E-state index in [2.05, 4.69) is 0 Å². The normalized spacial score (nSPS) is 14.9. The van der Waals surface area contributed by atoms with Crippen LogP contribution in [0.25, 0.3) is 6.08 Å². The molecule has 0 N–H and O–H groups in total. The Morgan fingerprint density at radius 3 is 2.29 bits per heavy atom. The Morgan fingerprint density at radius 2 is 1.65 bits per heavy atom. The van der Waals surface area contributed by atoms with Crippen molar-refractivity contribution in [3.05, 3.63) is 99.7 Å². The molecule has 0 saturated carbocycles. The van der Waals surface area contributed by atoms with Gasteiger partial charge in [-0.1, -0.05) is 47.7 Å². The van der Waals surface area contributed by atoms with Crippen LogP contribution in [0.15, 0.2) is 77.7 Å². The van der Waals surface area contributed by atoms with Crippen LogP contribution in [0.5, 0.6) is 5.75 Å². The minimum Gasteiger partial charge on any atom is -0.423 e. The first-order valence-electron chi connectivity index (χ1n) is 9.02. The number of halogens is 2. The van der Waals surface area contributed by atoms with Crippen molar-refractivity contribution in [2.75, 3.05) is 4.90 Å². The fourth-order valence-electron chi connectivity index (χ4n) is 2.82. The number of carbonyl (C=O) groups excluding carboxylic acids is 2. The SMILES string of the molecule is O=C(Oc1ccc(/C=C2/SC(=S)N(c3ccc(Cl)cc3)C2=O)cc1)c1ccc(F)cc1. The summed E-state index contributed by atoms with van der Waals surface area (Å²) in [5, 5.41) is 0.574. The molecule has 8 heteroatoms. The van der Waals surface area contributed by atoms with Gasteiger partial charge in [-0.2, -0.15) is 0 Å². The molecule has 3 aromatic rings. The number of esters is 1. The number of ether oxygens (including phenoxy) is 1. The van der Waals surface area contributed by atoms with Crippen molar-refractivity contribution in [3.63, 3.8) is 0 Å². The molecular weight excluding hydrogens is 457 g/mol. The summed E-state index contributed by atoms with van der Waals surface area (Å²) in [6.07, 6.45) is 1.72. The first-order valence-corrected chi connectivity index (χ1v) is 10.6. The predicted molar refractivity (Wildman–Crippen MR) is 125 cm³/mol. The van der Waals surface area contributed by atoms with Crippen LogP contribution < -0.4 is 9.64 Å². The van der Waals surface area contributed by atoms with E-state index in [1.165, 1.54) is 40.9 Å². The van der Waals surface area contributed by atoms with Gasteiger partial charge in [0.15, 0.2) is 4.32 Å². The third-order valence-electron chi connectivity index (χ3n) is 4.35. The Morgan fingerprint density at radius 1 is 1.00 bits per heavy atom. The Bertz CT molecular complexity index is 1190. The second-order valence-corrected chi connectivity index (χ2v) is 8.57. The smallest absolute Gasteiger partial charge is 0.343 e. The molecule has 1 aliphatic rings. The van der Waals surface area contributed by atoms with Gasteiger partial charge in [0, 0.05) is 5.02 Å². The van der Waals surface area contributed by atoms with E-state index >= 15 is 0 Å². The number of hydrogen-bond acceptors (Lipinski definition) is 5. The summed E-state index contributed by atoms with van der Waals surface area (Å²) in [4.78, 5) is 26.9. The lowest BCUT2D eigenvalue weighted by molar-refractivity contribution is -0.113. The molecule has 4 nitrogen and oxygen atoms in total. The van der Waals surface area contributed by atoms with Crippen LogP contribution in [0.2, 0.25) is 5.02 Å². The number of benzene rings is 3. The lowest BCUT2D eigenvalue weighted by Gasteiger charge is -2.14. The van der Waals surface area contributed by atoms with Crippen LogP contribution in [0.3, 0.4) is 0 Å². The molecule has 31 heavy (non-hydrogen) atoms. The quantitative estimate of drug-likeness (QED) is 0.200. The van der Waals surface area contributed by atoms with E-state index in [1.54, 1.807) is 54.6 Å². The van der Waals surface area contributed by atoms with Gasteiger partial charge in [-0.3, -0.25) is 9.69 Å². The van der Waals surface area contributed by atoms with Crippen LogP contribution in [0.1, 0.15) is 15.9 Å². The molecule has 0 atom stereocenters. The van der Waals surface area contributed by atoms with E-state index in [9.17, 15) is 14.0 Å². The summed E-state index contributed by atoms with van der Waals surface area (Å²) in [5.41, 5.74) is 1.65. The largest absolute Gasteiger partial charge is 0.423 e. The molecule has 1 aliphatic heterocycles.